The summed E-state index contributed by atoms with van der Waals surface area (Å²) in [5.41, 5.74) is 5.92. The Hall–Kier alpha value is -3.63. The maximum Gasteiger partial charge on any atom is 0.300 e. The van der Waals surface area contributed by atoms with Gasteiger partial charge in [0.05, 0.1) is 0 Å². The fraction of sp³-hybridized carbons (Fsp3) is 0.621. The van der Waals surface area contributed by atoms with Gasteiger partial charge in [0.1, 0.15) is 17.8 Å². The van der Waals surface area contributed by atoms with Gasteiger partial charge in [0, 0.05) is 32.7 Å². The number of rotatable bonds is 18. The van der Waals surface area contributed by atoms with E-state index in [9.17, 15) is 24.3 Å². The molecule has 1 rings (SSSR count). The fourth-order valence-electron chi connectivity index (χ4n) is 3.76. The lowest BCUT2D eigenvalue weighted by atomic mass is 9.97. The molecule has 0 aliphatic rings. The van der Waals surface area contributed by atoms with Crippen molar-refractivity contribution in [1.29, 1.82) is 0 Å². The van der Waals surface area contributed by atoms with Gasteiger partial charge in [0.2, 0.25) is 23.6 Å². The number of phenols is 1. The molecule has 0 spiro atoms. The van der Waals surface area contributed by atoms with E-state index in [1.165, 1.54) is 12.1 Å². The fourth-order valence-corrected chi connectivity index (χ4v) is 3.76. The number of benzene rings is 1. The average Bonchev–Trinajstić information content (AvgIpc) is 2.89. The predicted octanol–water partition coefficient (Wildman–Crippen LogP) is 2.78. The van der Waals surface area contributed by atoms with Crippen LogP contribution in [0.3, 0.4) is 0 Å². The Bertz CT molecular complexity index is 917. The highest BCUT2D eigenvalue weighted by molar-refractivity contribution is 5.92. The molecule has 0 bridgehead atoms. The van der Waals surface area contributed by atoms with Crippen LogP contribution in [-0.4, -0.2) is 58.4 Å². The normalized spacial score (nSPS) is 12.6. The number of phenolic OH excluding ortho intramolecular Hbond substituents is 1. The lowest BCUT2D eigenvalue weighted by Crippen LogP contribution is -2.56. The van der Waals surface area contributed by atoms with Gasteiger partial charge in [-0.1, -0.05) is 58.6 Å². The Morgan fingerprint density at radius 1 is 0.875 bits per heavy atom. The summed E-state index contributed by atoms with van der Waals surface area (Å²) in [5, 5.41) is 25.6. The third-order valence-electron chi connectivity index (χ3n) is 6.23. The molecule has 0 aliphatic carbocycles. The number of aliphatic carboxylic acids is 1. The molecule has 4 amide bonds. The molecule has 0 aromatic heterocycles. The van der Waals surface area contributed by atoms with E-state index in [1.54, 1.807) is 12.1 Å². The number of nitrogens with one attached hydrogen (secondary N) is 3. The summed E-state index contributed by atoms with van der Waals surface area (Å²) in [4.78, 5) is 58.6. The third kappa shape index (κ3) is 17.8. The van der Waals surface area contributed by atoms with E-state index in [0.717, 1.165) is 38.2 Å². The van der Waals surface area contributed by atoms with E-state index in [0.29, 0.717) is 38.6 Å². The molecule has 0 fully saturated rings. The number of aromatic hydroxyl groups is 1. The summed E-state index contributed by atoms with van der Waals surface area (Å²) in [7, 11) is 0. The second-order valence-electron chi connectivity index (χ2n) is 9.91. The first kappa shape index (κ1) is 36.4. The maximum atomic E-state index is 13.3. The van der Waals surface area contributed by atoms with Gasteiger partial charge in [-0.3, -0.25) is 24.0 Å². The van der Waals surface area contributed by atoms with Crippen LogP contribution in [0.4, 0.5) is 0 Å². The van der Waals surface area contributed by atoms with E-state index in [-0.39, 0.29) is 35.8 Å². The van der Waals surface area contributed by atoms with Crippen LogP contribution in [0.15, 0.2) is 24.3 Å². The van der Waals surface area contributed by atoms with Crippen LogP contribution < -0.4 is 21.7 Å². The number of primary amides is 1. The van der Waals surface area contributed by atoms with E-state index in [4.69, 9.17) is 15.6 Å². The topological polar surface area (TPSA) is 188 Å². The molecule has 0 heterocycles. The van der Waals surface area contributed by atoms with Crippen molar-refractivity contribution in [1.82, 2.24) is 16.0 Å². The second kappa shape index (κ2) is 21.2. The zero-order valence-corrected chi connectivity index (χ0v) is 24.3. The number of carboxylic acid groups (broad SMARTS) is 1. The molecule has 3 unspecified atom stereocenters. The standard InChI is InChI=1S/C27H44N4O5.C2H4O2/c1-4-6-8-12-24(34)30-22(18-20-13-15-21(32)16-14-20)26(35)31-25(19(3)5-2)27(36)29-17-10-7-9-11-23(28)33;1-2(3)4/h13-16,19,22,25,32H,4-12,17-18H2,1-3H3,(H2,28,33)(H,29,36)(H,30,34)(H,31,35);1H3,(H,3,4). The van der Waals surface area contributed by atoms with Crippen LogP contribution >= 0.6 is 0 Å². The van der Waals surface area contributed by atoms with Crippen molar-refractivity contribution in [2.45, 2.75) is 104 Å². The number of carbonyl (C=O) groups is 5. The average molecular weight is 565 g/mol. The minimum absolute atomic E-state index is 0.113. The molecule has 0 saturated heterocycles. The van der Waals surface area contributed by atoms with Gasteiger partial charge >= 0.3 is 0 Å². The monoisotopic (exact) mass is 564 g/mol. The van der Waals surface area contributed by atoms with Crippen molar-refractivity contribution in [2.75, 3.05) is 6.54 Å². The minimum atomic E-state index is -0.850. The Morgan fingerprint density at radius 3 is 2.02 bits per heavy atom. The molecule has 1 aromatic carbocycles. The molecular formula is C29H48N4O7. The molecule has 0 aliphatic heterocycles. The lowest BCUT2D eigenvalue weighted by molar-refractivity contribution is -0.134. The number of hydrogen-bond donors (Lipinski definition) is 6. The van der Waals surface area contributed by atoms with Crippen LogP contribution in [0.25, 0.3) is 0 Å². The summed E-state index contributed by atoms with van der Waals surface area (Å²) in [6.45, 7) is 7.42. The van der Waals surface area contributed by atoms with Gasteiger partial charge in [-0.25, -0.2) is 0 Å². The van der Waals surface area contributed by atoms with Crippen LogP contribution in [0.5, 0.6) is 5.75 Å². The molecule has 11 nitrogen and oxygen atoms in total. The predicted molar refractivity (Wildman–Crippen MR) is 153 cm³/mol. The third-order valence-corrected chi connectivity index (χ3v) is 6.23. The maximum absolute atomic E-state index is 13.3. The summed E-state index contributed by atoms with van der Waals surface area (Å²) >= 11 is 0. The van der Waals surface area contributed by atoms with Crippen molar-refractivity contribution < 1.29 is 34.2 Å². The molecular weight excluding hydrogens is 516 g/mol. The zero-order chi connectivity index (χ0) is 30.5. The number of carbonyl (C=O) groups excluding carboxylic acids is 4. The van der Waals surface area contributed by atoms with Crippen molar-refractivity contribution in [2.24, 2.45) is 11.7 Å². The highest BCUT2D eigenvalue weighted by Crippen LogP contribution is 2.13. The van der Waals surface area contributed by atoms with Gasteiger partial charge in [0.25, 0.3) is 5.97 Å². The van der Waals surface area contributed by atoms with Crippen molar-refractivity contribution >= 4 is 29.6 Å². The van der Waals surface area contributed by atoms with Crippen LogP contribution in [0, 0.1) is 5.92 Å². The van der Waals surface area contributed by atoms with Gasteiger partial charge in [0.15, 0.2) is 0 Å². The molecule has 40 heavy (non-hydrogen) atoms. The van der Waals surface area contributed by atoms with Gasteiger partial charge in [-0.05, 0) is 42.9 Å². The van der Waals surface area contributed by atoms with E-state index >= 15 is 0 Å². The zero-order valence-electron chi connectivity index (χ0n) is 24.3. The van der Waals surface area contributed by atoms with Crippen molar-refractivity contribution in [3.63, 3.8) is 0 Å². The summed E-state index contributed by atoms with van der Waals surface area (Å²) in [5.74, 6) is -2.07. The Kier molecular flexibility index (Phi) is 19.3. The van der Waals surface area contributed by atoms with E-state index in [2.05, 4.69) is 22.9 Å². The SMILES string of the molecule is CC(=O)O.CCCCCC(=O)NC(Cc1ccc(O)cc1)C(=O)NC(C(=O)NCCCCCC(N)=O)C(C)CC. The summed E-state index contributed by atoms with van der Waals surface area (Å²) in [6, 6.07) is 4.88. The van der Waals surface area contributed by atoms with E-state index < -0.39 is 24.0 Å². The number of amides is 4. The highest BCUT2D eigenvalue weighted by atomic mass is 16.4. The second-order valence-corrected chi connectivity index (χ2v) is 9.91. The number of carboxylic acids is 1. The molecule has 7 N–H and O–H groups in total. The van der Waals surface area contributed by atoms with Gasteiger partial charge in [-0.2, -0.15) is 0 Å². The quantitative estimate of drug-likeness (QED) is 0.148. The molecule has 226 valence electrons. The van der Waals surface area contributed by atoms with E-state index in [1.807, 2.05) is 13.8 Å². The number of nitrogens with two attached hydrogens (primary N) is 1. The summed E-state index contributed by atoms with van der Waals surface area (Å²) < 4.78 is 0. The number of hydrogen-bond acceptors (Lipinski definition) is 6. The molecule has 3 atom stereocenters. The highest BCUT2D eigenvalue weighted by Gasteiger charge is 2.29. The van der Waals surface area contributed by atoms with Crippen molar-refractivity contribution in [3.8, 4) is 5.75 Å². The first-order valence-electron chi connectivity index (χ1n) is 14.0. The van der Waals surface area contributed by atoms with Gasteiger partial charge < -0.3 is 31.9 Å². The minimum Gasteiger partial charge on any atom is -0.508 e. The molecule has 11 heteroatoms. The lowest BCUT2D eigenvalue weighted by Gasteiger charge is -2.26. The van der Waals surface area contributed by atoms with Crippen molar-refractivity contribution in [3.05, 3.63) is 29.8 Å². The summed E-state index contributed by atoms with van der Waals surface area (Å²) in [6.07, 6.45) is 6.39. The molecule has 0 saturated carbocycles. The first-order valence-corrected chi connectivity index (χ1v) is 14.0. The van der Waals surface area contributed by atoms with Gasteiger partial charge in [-0.15, -0.1) is 0 Å². The van der Waals surface area contributed by atoms with Crippen LogP contribution in [0.2, 0.25) is 0 Å². The Labute approximate surface area is 237 Å². The molecule has 0 radical (unpaired) electrons. The Balaban J connectivity index is 0.00000354. The van der Waals surface area contributed by atoms with Crippen LogP contribution in [0.1, 0.15) is 91.0 Å². The number of unbranched alkanes of at least 4 members (excludes halogenated alkanes) is 4. The smallest absolute Gasteiger partial charge is 0.300 e. The first-order chi connectivity index (χ1) is 18.9. The van der Waals surface area contributed by atoms with Crippen LogP contribution in [-0.2, 0) is 30.4 Å². The Morgan fingerprint density at radius 2 is 1.48 bits per heavy atom. The largest absolute Gasteiger partial charge is 0.508 e. The molecule has 1 aromatic rings.